The summed E-state index contributed by atoms with van der Waals surface area (Å²) >= 11 is 0. The van der Waals surface area contributed by atoms with E-state index >= 15 is 0 Å². The van der Waals surface area contributed by atoms with Crippen LogP contribution in [0.25, 0.3) is 11.2 Å². The molecule has 0 aliphatic carbocycles. The molecule has 0 unspecified atom stereocenters. The summed E-state index contributed by atoms with van der Waals surface area (Å²) in [5.74, 6) is 0.320. The molecule has 0 radical (unpaired) electrons. The highest BCUT2D eigenvalue weighted by molar-refractivity contribution is 7.51. The Labute approximate surface area is 83.9 Å². The maximum atomic E-state index is 10.6. The number of aromatic amines is 1. The van der Waals surface area contributed by atoms with Crippen LogP contribution >= 0.6 is 7.60 Å². The molecule has 0 saturated heterocycles. The van der Waals surface area contributed by atoms with Gasteiger partial charge in [0.2, 0.25) is 0 Å². The Kier molecular flexibility index (Phi) is 2.39. The zero-order valence-electron chi connectivity index (χ0n) is 7.45. The van der Waals surface area contributed by atoms with Crippen molar-refractivity contribution in [1.82, 2.24) is 19.9 Å². The fraction of sp³-hybridized carbons (Fsp3) is 0.167. The second-order valence-corrected chi connectivity index (χ2v) is 4.47. The van der Waals surface area contributed by atoms with E-state index in [0.717, 1.165) is 0 Å². The maximum absolute atomic E-state index is 10.6. The van der Waals surface area contributed by atoms with Gasteiger partial charge in [-0.2, -0.15) is 0 Å². The zero-order valence-corrected chi connectivity index (χ0v) is 8.35. The summed E-state index contributed by atoms with van der Waals surface area (Å²) in [4.78, 5) is 31.7. The highest BCUT2D eigenvalue weighted by Crippen LogP contribution is 2.33. The number of fused-ring (bicyclic) bond motifs is 1. The summed E-state index contributed by atoms with van der Waals surface area (Å²) in [6.45, 7) is 0. The molecule has 2 aromatic heterocycles. The van der Waals surface area contributed by atoms with Gasteiger partial charge in [0.05, 0.1) is 6.33 Å². The smallest absolute Gasteiger partial charge is 0.344 e. The van der Waals surface area contributed by atoms with E-state index in [2.05, 4.69) is 25.3 Å². The normalized spacial score (nSPS) is 11.9. The Hall–Kier alpha value is -1.50. The van der Waals surface area contributed by atoms with Gasteiger partial charge in [0.25, 0.3) is 0 Å². The lowest BCUT2D eigenvalue weighted by Crippen LogP contribution is -2.04. The fourth-order valence-corrected chi connectivity index (χ4v) is 1.43. The molecule has 8 nitrogen and oxygen atoms in total. The summed E-state index contributed by atoms with van der Waals surface area (Å²) in [6, 6.07) is 0. The average molecular weight is 229 g/mol. The van der Waals surface area contributed by atoms with Gasteiger partial charge in [-0.15, -0.1) is 0 Å². The largest absolute Gasteiger partial charge is 0.357 e. The molecule has 0 saturated carbocycles. The molecule has 0 atom stereocenters. The second kappa shape index (κ2) is 3.58. The third-order valence-electron chi connectivity index (χ3n) is 1.68. The SMILES string of the molecule is O=P(O)(O)CNc1ncnc2nc[nH]c12. The van der Waals surface area contributed by atoms with Crippen molar-refractivity contribution in [1.29, 1.82) is 0 Å². The Morgan fingerprint density at radius 3 is 2.93 bits per heavy atom. The van der Waals surface area contributed by atoms with Crippen LogP contribution in [-0.4, -0.2) is 36.0 Å². The van der Waals surface area contributed by atoms with Gasteiger partial charge in [-0.25, -0.2) is 15.0 Å². The molecular formula is C6H8N5O3P. The standard InChI is InChI=1S/C6H8N5O3P/c12-15(13,14)3-11-6-4-5(8-1-7-4)9-2-10-6/h1-2H,3H2,(H2,12,13,14)(H2,7,8,9,10,11). The monoisotopic (exact) mass is 229 g/mol. The van der Waals surface area contributed by atoms with Gasteiger partial charge in [-0.1, -0.05) is 0 Å². The number of rotatable bonds is 3. The van der Waals surface area contributed by atoms with Gasteiger partial charge in [0, 0.05) is 0 Å². The van der Waals surface area contributed by atoms with E-state index < -0.39 is 13.9 Å². The van der Waals surface area contributed by atoms with Crippen LogP contribution in [0.3, 0.4) is 0 Å². The van der Waals surface area contributed by atoms with E-state index in [9.17, 15) is 4.57 Å². The van der Waals surface area contributed by atoms with Crippen molar-refractivity contribution < 1.29 is 14.4 Å². The lowest BCUT2D eigenvalue weighted by Gasteiger charge is -2.06. The molecule has 80 valence electrons. The predicted molar refractivity (Wildman–Crippen MR) is 52.2 cm³/mol. The Bertz CT molecular complexity index is 520. The third-order valence-corrected chi connectivity index (χ3v) is 2.25. The first-order valence-electron chi connectivity index (χ1n) is 3.99. The van der Waals surface area contributed by atoms with E-state index in [-0.39, 0.29) is 0 Å². The quantitative estimate of drug-likeness (QED) is 0.541. The summed E-state index contributed by atoms with van der Waals surface area (Å²) in [7, 11) is -4.10. The molecule has 4 N–H and O–H groups in total. The highest BCUT2D eigenvalue weighted by atomic mass is 31.2. The van der Waals surface area contributed by atoms with Crippen molar-refractivity contribution >= 4 is 24.6 Å². The van der Waals surface area contributed by atoms with Crippen molar-refractivity contribution in [3.8, 4) is 0 Å². The molecule has 0 aliphatic heterocycles. The zero-order chi connectivity index (χ0) is 10.9. The number of nitrogens with zero attached hydrogens (tertiary/aromatic N) is 3. The predicted octanol–water partition coefficient (Wildman–Crippen LogP) is -0.100. The van der Waals surface area contributed by atoms with Crippen molar-refractivity contribution in [3.05, 3.63) is 12.7 Å². The van der Waals surface area contributed by atoms with Crippen LogP contribution in [0.1, 0.15) is 0 Å². The number of aromatic nitrogens is 4. The van der Waals surface area contributed by atoms with E-state index in [0.29, 0.717) is 17.0 Å². The van der Waals surface area contributed by atoms with Crippen LogP contribution < -0.4 is 5.32 Å². The van der Waals surface area contributed by atoms with Gasteiger partial charge in [0.15, 0.2) is 11.5 Å². The topological polar surface area (TPSA) is 124 Å². The van der Waals surface area contributed by atoms with Crippen LogP contribution in [0.5, 0.6) is 0 Å². The van der Waals surface area contributed by atoms with Crippen LogP contribution in [0.15, 0.2) is 12.7 Å². The minimum absolute atomic E-state index is 0.320. The Morgan fingerprint density at radius 2 is 2.20 bits per heavy atom. The van der Waals surface area contributed by atoms with E-state index in [1.54, 1.807) is 0 Å². The molecule has 0 bridgehead atoms. The lowest BCUT2D eigenvalue weighted by molar-refractivity contribution is 0.375. The molecular weight excluding hydrogens is 221 g/mol. The van der Waals surface area contributed by atoms with Gasteiger partial charge in [-0.3, -0.25) is 4.57 Å². The second-order valence-electron chi connectivity index (χ2n) is 2.82. The van der Waals surface area contributed by atoms with Crippen LogP contribution in [0.4, 0.5) is 5.82 Å². The summed E-state index contributed by atoms with van der Waals surface area (Å²) in [5, 5.41) is 2.53. The summed E-state index contributed by atoms with van der Waals surface area (Å²) in [5.41, 5.74) is 0.962. The first-order valence-corrected chi connectivity index (χ1v) is 5.78. The van der Waals surface area contributed by atoms with Crippen LogP contribution in [0.2, 0.25) is 0 Å². The fourth-order valence-electron chi connectivity index (χ4n) is 1.08. The van der Waals surface area contributed by atoms with Gasteiger partial charge >= 0.3 is 7.60 Å². The van der Waals surface area contributed by atoms with E-state index in [1.807, 2.05) is 0 Å². The molecule has 2 rings (SSSR count). The molecule has 0 aromatic carbocycles. The van der Waals surface area contributed by atoms with Gasteiger partial charge in [-0.05, 0) is 0 Å². The Balaban J connectivity index is 2.28. The molecule has 2 heterocycles. The van der Waals surface area contributed by atoms with Crippen molar-refractivity contribution in [2.24, 2.45) is 0 Å². The maximum Gasteiger partial charge on any atom is 0.344 e. The lowest BCUT2D eigenvalue weighted by atomic mass is 10.5. The molecule has 15 heavy (non-hydrogen) atoms. The van der Waals surface area contributed by atoms with Crippen molar-refractivity contribution in [3.63, 3.8) is 0 Å². The molecule has 0 fully saturated rings. The molecule has 0 aliphatic rings. The highest BCUT2D eigenvalue weighted by Gasteiger charge is 2.14. The van der Waals surface area contributed by atoms with Crippen LogP contribution in [-0.2, 0) is 4.57 Å². The average Bonchev–Trinajstić information content (AvgIpc) is 2.61. The number of hydrogen-bond acceptors (Lipinski definition) is 5. The molecule has 2 aromatic rings. The summed E-state index contributed by atoms with van der Waals surface area (Å²) in [6.07, 6.45) is 2.23. The number of H-pyrrole nitrogens is 1. The van der Waals surface area contributed by atoms with Crippen LogP contribution in [0, 0.1) is 0 Å². The van der Waals surface area contributed by atoms with E-state index in [1.165, 1.54) is 12.7 Å². The minimum atomic E-state index is -4.10. The van der Waals surface area contributed by atoms with Gasteiger partial charge in [0.1, 0.15) is 18.1 Å². The number of anilines is 1. The first-order chi connectivity index (χ1) is 7.06. The number of hydrogen-bond donors (Lipinski definition) is 4. The van der Waals surface area contributed by atoms with Crippen molar-refractivity contribution in [2.75, 3.05) is 11.6 Å². The number of nitrogens with one attached hydrogen (secondary N) is 2. The number of imidazole rings is 1. The van der Waals surface area contributed by atoms with Crippen molar-refractivity contribution in [2.45, 2.75) is 0 Å². The Morgan fingerprint density at radius 1 is 1.40 bits per heavy atom. The van der Waals surface area contributed by atoms with E-state index in [4.69, 9.17) is 9.79 Å². The summed E-state index contributed by atoms with van der Waals surface area (Å²) < 4.78 is 10.6. The molecule has 9 heteroatoms. The molecule has 0 spiro atoms. The third kappa shape index (κ3) is 2.30. The molecule has 0 amide bonds. The minimum Gasteiger partial charge on any atom is -0.357 e. The first kappa shape index (κ1) is 10.0. The van der Waals surface area contributed by atoms with Gasteiger partial charge < -0.3 is 20.1 Å².